The molecule has 1 amide bonds. The van der Waals surface area contributed by atoms with Crippen molar-refractivity contribution in [1.29, 1.82) is 0 Å². The molecule has 6 heteroatoms. The molecule has 1 aliphatic rings. The number of hydrogen-bond donors (Lipinski definition) is 1. The second-order valence-electron chi connectivity index (χ2n) is 7.82. The minimum absolute atomic E-state index is 0.0458. The lowest BCUT2D eigenvalue weighted by molar-refractivity contribution is 0.0342. The number of nitrogens with one attached hydrogen (secondary N) is 1. The van der Waals surface area contributed by atoms with Crippen molar-refractivity contribution in [2.75, 3.05) is 32.8 Å². The van der Waals surface area contributed by atoms with E-state index in [4.69, 9.17) is 4.74 Å². The summed E-state index contributed by atoms with van der Waals surface area (Å²) < 4.78 is 5.41. The van der Waals surface area contributed by atoms with Gasteiger partial charge >= 0.3 is 0 Å². The van der Waals surface area contributed by atoms with Crippen molar-refractivity contribution in [2.45, 2.75) is 19.9 Å². The third kappa shape index (κ3) is 5.14. The fraction of sp³-hybridized carbons (Fsp3) is 0.333. The van der Waals surface area contributed by atoms with Crippen molar-refractivity contribution in [2.24, 2.45) is 0 Å². The number of nitrogens with zero attached hydrogens (tertiary/aromatic N) is 2. The second-order valence-corrected chi connectivity index (χ2v) is 8.70. The molecule has 0 unspecified atom stereocenters. The first kappa shape index (κ1) is 20.7. The van der Waals surface area contributed by atoms with Crippen LogP contribution in [0.4, 0.5) is 0 Å². The highest BCUT2D eigenvalue weighted by Gasteiger charge is 2.17. The van der Waals surface area contributed by atoms with Gasteiger partial charge in [-0.2, -0.15) is 0 Å². The van der Waals surface area contributed by atoms with Gasteiger partial charge in [-0.3, -0.25) is 14.7 Å². The molecule has 1 saturated heterocycles. The lowest BCUT2D eigenvalue weighted by Gasteiger charge is -2.29. The van der Waals surface area contributed by atoms with Gasteiger partial charge in [0.15, 0.2) is 0 Å². The number of carbonyl (C=O) groups excluding carboxylic acids is 1. The summed E-state index contributed by atoms with van der Waals surface area (Å²) in [6.45, 7) is 8.31. The average molecular weight is 422 g/mol. The molecule has 30 heavy (non-hydrogen) atoms. The zero-order chi connectivity index (χ0) is 20.9. The Labute approximate surface area is 181 Å². The van der Waals surface area contributed by atoms with E-state index < -0.39 is 0 Å². The van der Waals surface area contributed by atoms with Gasteiger partial charge in [0.05, 0.1) is 23.6 Å². The van der Waals surface area contributed by atoms with Crippen LogP contribution in [0.5, 0.6) is 0 Å². The normalized spacial score (nSPS) is 15.7. The zero-order valence-corrected chi connectivity index (χ0v) is 18.2. The Morgan fingerprint density at radius 1 is 1.13 bits per heavy atom. The van der Waals surface area contributed by atoms with E-state index in [0.717, 1.165) is 54.4 Å². The smallest absolute Gasteiger partial charge is 0.251 e. The van der Waals surface area contributed by atoms with Crippen LogP contribution in [-0.2, 0) is 4.74 Å². The molecule has 0 spiro atoms. The molecular weight excluding hydrogens is 394 g/mol. The Balaban J connectivity index is 1.57. The van der Waals surface area contributed by atoms with Crippen molar-refractivity contribution in [3.63, 3.8) is 0 Å². The molecule has 1 aromatic heterocycles. The summed E-state index contributed by atoms with van der Waals surface area (Å²) >= 11 is 1.58. The highest BCUT2D eigenvalue weighted by atomic mass is 32.1. The Morgan fingerprint density at radius 3 is 2.57 bits per heavy atom. The van der Waals surface area contributed by atoms with Gasteiger partial charge in [-0.1, -0.05) is 29.8 Å². The van der Waals surface area contributed by atoms with Crippen LogP contribution in [0.2, 0.25) is 0 Å². The molecule has 156 valence electrons. The van der Waals surface area contributed by atoms with Crippen molar-refractivity contribution < 1.29 is 9.53 Å². The summed E-state index contributed by atoms with van der Waals surface area (Å²) in [5, 5.41) is 3.17. The van der Waals surface area contributed by atoms with Gasteiger partial charge in [-0.15, -0.1) is 11.3 Å². The largest absolute Gasteiger partial charge is 0.379 e. The summed E-state index contributed by atoms with van der Waals surface area (Å²) in [7, 11) is 0. The number of aryl methyl sites for hydroxylation is 1. The quantitative estimate of drug-likeness (QED) is 0.647. The predicted molar refractivity (Wildman–Crippen MR) is 122 cm³/mol. The van der Waals surface area contributed by atoms with E-state index in [0.29, 0.717) is 5.56 Å². The standard InChI is InChI=1S/C24H27N3O2S/c1-17-3-5-19(6-4-17)20-11-21(23-14-25-16-30-23)13-22(12-20)24(28)26-18(2)15-27-7-9-29-10-8-27/h3-6,11-14,16,18H,7-10,15H2,1-2H3,(H,26,28)/t18-/m1/s1. The third-order valence-corrected chi connectivity index (χ3v) is 6.13. The van der Waals surface area contributed by atoms with E-state index in [9.17, 15) is 4.79 Å². The van der Waals surface area contributed by atoms with Crippen molar-refractivity contribution in [3.05, 3.63) is 65.3 Å². The van der Waals surface area contributed by atoms with Gasteiger partial charge < -0.3 is 10.1 Å². The van der Waals surface area contributed by atoms with Gasteiger partial charge in [0.2, 0.25) is 0 Å². The Hall–Kier alpha value is -2.54. The second kappa shape index (κ2) is 9.51. The summed E-state index contributed by atoms with van der Waals surface area (Å²) in [4.78, 5) is 20.7. The number of benzene rings is 2. The van der Waals surface area contributed by atoms with Crippen molar-refractivity contribution >= 4 is 17.2 Å². The van der Waals surface area contributed by atoms with Crippen LogP contribution in [-0.4, -0.2) is 54.7 Å². The Bertz CT molecular complexity index is 980. The van der Waals surface area contributed by atoms with Gasteiger partial charge in [0.1, 0.15) is 0 Å². The van der Waals surface area contributed by atoms with E-state index in [1.807, 2.05) is 23.8 Å². The number of thiazole rings is 1. The first-order chi connectivity index (χ1) is 14.6. The topological polar surface area (TPSA) is 54.5 Å². The van der Waals surface area contributed by atoms with Gasteiger partial charge in [-0.05, 0) is 48.7 Å². The molecular formula is C24H27N3O2S. The maximum Gasteiger partial charge on any atom is 0.251 e. The van der Waals surface area contributed by atoms with E-state index in [1.165, 1.54) is 5.56 Å². The van der Waals surface area contributed by atoms with E-state index >= 15 is 0 Å². The molecule has 0 aliphatic carbocycles. The van der Waals surface area contributed by atoms with Crippen molar-refractivity contribution in [1.82, 2.24) is 15.2 Å². The number of rotatable bonds is 6. The highest BCUT2D eigenvalue weighted by molar-refractivity contribution is 7.13. The van der Waals surface area contributed by atoms with Gasteiger partial charge in [-0.25, -0.2) is 0 Å². The summed E-state index contributed by atoms with van der Waals surface area (Å²) in [5.74, 6) is -0.0458. The maximum absolute atomic E-state index is 13.1. The lowest BCUT2D eigenvalue weighted by Crippen LogP contribution is -2.46. The van der Waals surface area contributed by atoms with Crippen LogP contribution >= 0.6 is 11.3 Å². The van der Waals surface area contributed by atoms with Crippen LogP contribution in [0.1, 0.15) is 22.8 Å². The first-order valence-electron chi connectivity index (χ1n) is 10.3. The SMILES string of the molecule is Cc1ccc(-c2cc(C(=O)N[C@H](C)CN3CCOCC3)cc(-c3cncs3)c2)cc1. The molecule has 4 rings (SSSR count). The monoisotopic (exact) mass is 421 g/mol. The molecule has 0 radical (unpaired) electrons. The molecule has 3 aromatic rings. The summed E-state index contributed by atoms with van der Waals surface area (Å²) in [6, 6.07) is 14.5. The number of amides is 1. The highest BCUT2D eigenvalue weighted by Crippen LogP contribution is 2.30. The lowest BCUT2D eigenvalue weighted by atomic mass is 9.98. The van der Waals surface area contributed by atoms with Crippen LogP contribution in [0.3, 0.4) is 0 Å². The molecule has 1 atom stereocenters. The van der Waals surface area contributed by atoms with Crippen LogP contribution in [0, 0.1) is 6.92 Å². The Kier molecular flexibility index (Phi) is 6.57. The molecule has 1 fully saturated rings. The van der Waals surface area contributed by atoms with Crippen LogP contribution in [0.25, 0.3) is 21.6 Å². The number of morpholine rings is 1. The minimum atomic E-state index is -0.0458. The maximum atomic E-state index is 13.1. The molecule has 2 heterocycles. The molecule has 0 saturated carbocycles. The Morgan fingerprint density at radius 2 is 1.87 bits per heavy atom. The first-order valence-corrected chi connectivity index (χ1v) is 11.2. The average Bonchev–Trinajstić information content (AvgIpc) is 3.29. The van der Waals surface area contributed by atoms with Gasteiger partial charge in [0.25, 0.3) is 5.91 Å². The number of carbonyl (C=O) groups is 1. The number of hydrogen-bond acceptors (Lipinski definition) is 5. The predicted octanol–water partition coefficient (Wildman–Crippen LogP) is 4.24. The van der Waals surface area contributed by atoms with Crippen LogP contribution in [0.15, 0.2) is 54.2 Å². The molecule has 0 bridgehead atoms. The molecule has 2 aromatic carbocycles. The molecule has 5 nitrogen and oxygen atoms in total. The van der Waals surface area contributed by atoms with E-state index in [2.05, 4.69) is 59.4 Å². The summed E-state index contributed by atoms with van der Waals surface area (Å²) in [5.41, 5.74) is 6.85. The fourth-order valence-corrected chi connectivity index (χ4v) is 4.31. The third-order valence-electron chi connectivity index (χ3n) is 5.31. The fourth-order valence-electron chi connectivity index (χ4n) is 3.70. The molecule has 1 aliphatic heterocycles. The summed E-state index contributed by atoms with van der Waals surface area (Å²) in [6.07, 6.45) is 1.85. The minimum Gasteiger partial charge on any atom is -0.379 e. The van der Waals surface area contributed by atoms with Crippen molar-refractivity contribution in [3.8, 4) is 21.6 Å². The molecule has 1 N–H and O–H groups in total. The number of aromatic nitrogens is 1. The van der Waals surface area contributed by atoms with Gasteiger partial charge in [0, 0.05) is 37.4 Å². The van der Waals surface area contributed by atoms with E-state index in [1.54, 1.807) is 11.3 Å². The van der Waals surface area contributed by atoms with E-state index in [-0.39, 0.29) is 11.9 Å². The van der Waals surface area contributed by atoms with Crippen LogP contribution < -0.4 is 5.32 Å². The zero-order valence-electron chi connectivity index (χ0n) is 17.4. The number of ether oxygens (including phenoxy) is 1.